The van der Waals surface area contributed by atoms with Gasteiger partial charge in [-0.25, -0.2) is 0 Å². The van der Waals surface area contributed by atoms with Crippen molar-refractivity contribution in [1.29, 1.82) is 0 Å². The second-order valence-electron chi connectivity index (χ2n) is 8.34. The number of likely N-dealkylation sites (tertiary alicyclic amines) is 1. The molecule has 0 bridgehead atoms. The summed E-state index contributed by atoms with van der Waals surface area (Å²) >= 11 is 0. The van der Waals surface area contributed by atoms with Crippen molar-refractivity contribution in [2.75, 3.05) is 26.2 Å². The Hall–Kier alpha value is -2.72. The zero-order valence-electron chi connectivity index (χ0n) is 16.7. The Bertz CT molecular complexity index is 1010. The lowest BCUT2D eigenvalue weighted by molar-refractivity contribution is 0.0951. The van der Waals surface area contributed by atoms with Gasteiger partial charge in [-0.05, 0) is 49.4 Å². The fourth-order valence-electron chi connectivity index (χ4n) is 4.43. The molecule has 4 heteroatoms. The lowest BCUT2D eigenvalue weighted by atomic mass is 9.99. The highest BCUT2D eigenvalue weighted by atomic mass is 16.1. The van der Waals surface area contributed by atoms with Gasteiger partial charge in [-0.3, -0.25) is 9.78 Å². The first kappa shape index (κ1) is 18.3. The molecule has 1 aliphatic heterocycles. The Morgan fingerprint density at radius 1 is 1.00 bits per heavy atom. The minimum atomic E-state index is 0.0179. The Kier molecular flexibility index (Phi) is 5.03. The fourth-order valence-corrected chi connectivity index (χ4v) is 4.43. The standard InChI is InChI=1S/C25H27N3O/c29-25(22-16-24(19-10-11-19)27-23-9-5-4-8-21(22)23)26-13-15-28-14-12-20(17-28)18-6-2-1-3-7-18/h1-9,16,19-20H,10-15,17H2,(H,26,29)/t20-/m1/s1. The topological polar surface area (TPSA) is 45.2 Å². The van der Waals surface area contributed by atoms with Crippen LogP contribution in [0.2, 0.25) is 0 Å². The summed E-state index contributed by atoms with van der Waals surface area (Å²) in [7, 11) is 0. The van der Waals surface area contributed by atoms with Crippen molar-refractivity contribution in [3.63, 3.8) is 0 Å². The summed E-state index contributed by atoms with van der Waals surface area (Å²) in [5.74, 6) is 1.16. The molecule has 5 rings (SSSR count). The number of fused-ring (bicyclic) bond motifs is 1. The highest BCUT2D eigenvalue weighted by Gasteiger charge is 2.27. The Morgan fingerprint density at radius 2 is 1.79 bits per heavy atom. The number of pyridine rings is 1. The largest absolute Gasteiger partial charge is 0.351 e. The smallest absolute Gasteiger partial charge is 0.252 e. The van der Waals surface area contributed by atoms with E-state index in [-0.39, 0.29) is 5.91 Å². The SMILES string of the molecule is O=C(NCCN1CC[C@@H](c2ccccc2)C1)c1cc(C2CC2)nc2ccccc12. The summed E-state index contributed by atoms with van der Waals surface area (Å²) in [5, 5.41) is 4.09. The van der Waals surface area contributed by atoms with Crippen molar-refractivity contribution >= 4 is 16.8 Å². The highest BCUT2D eigenvalue weighted by molar-refractivity contribution is 6.06. The van der Waals surface area contributed by atoms with Gasteiger partial charge in [-0.2, -0.15) is 0 Å². The predicted molar refractivity (Wildman–Crippen MR) is 116 cm³/mol. The molecule has 2 aliphatic rings. The van der Waals surface area contributed by atoms with E-state index >= 15 is 0 Å². The molecule has 2 fully saturated rings. The molecule has 2 aromatic carbocycles. The van der Waals surface area contributed by atoms with Crippen molar-refractivity contribution in [2.24, 2.45) is 0 Å². The number of amides is 1. The van der Waals surface area contributed by atoms with Crippen LogP contribution in [0.1, 0.15) is 52.7 Å². The van der Waals surface area contributed by atoms with Crippen molar-refractivity contribution in [3.8, 4) is 0 Å². The monoisotopic (exact) mass is 385 g/mol. The van der Waals surface area contributed by atoms with E-state index in [2.05, 4.69) is 40.5 Å². The zero-order chi connectivity index (χ0) is 19.6. The summed E-state index contributed by atoms with van der Waals surface area (Å²) < 4.78 is 0. The minimum Gasteiger partial charge on any atom is -0.351 e. The van der Waals surface area contributed by atoms with Gasteiger partial charge in [0.25, 0.3) is 5.91 Å². The molecule has 0 spiro atoms. The molecule has 1 amide bonds. The van der Waals surface area contributed by atoms with Crippen LogP contribution in [-0.4, -0.2) is 42.0 Å². The molecule has 1 N–H and O–H groups in total. The molecular weight excluding hydrogens is 358 g/mol. The van der Waals surface area contributed by atoms with Gasteiger partial charge in [0.15, 0.2) is 0 Å². The zero-order valence-corrected chi connectivity index (χ0v) is 16.7. The molecule has 4 nitrogen and oxygen atoms in total. The highest BCUT2D eigenvalue weighted by Crippen LogP contribution is 2.40. The van der Waals surface area contributed by atoms with Crippen LogP contribution in [0.4, 0.5) is 0 Å². The molecule has 1 saturated carbocycles. The van der Waals surface area contributed by atoms with Gasteiger partial charge >= 0.3 is 0 Å². The number of hydrogen-bond donors (Lipinski definition) is 1. The number of hydrogen-bond acceptors (Lipinski definition) is 3. The van der Waals surface area contributed by atoms with Crippen molar-refractivity contribution < 1.29 is 4.79 Å². The van der Waals surface area contributed by atoms with E-state index in [1.54, 1.807) is 0 Å². The van der Waals surface area contributed by atoms with Crippen LogP contribution in [-0.2, 0) is 0 Å². The lowest BCUT2D eigenvalue weighted by Crippen LogP contribution is -2.34. The van der Waals surface area contributed by atoms with Crippen molar-refractivity contribution in [2.45, 2.75) is 31.1 Å². The van der Waals surface area contributed by atoms with Crippen LogP contribution in [0.15, 0.2) is 60.7 Å². The van der Waals surface area contributed by atoms with Crippen LogP contribution in [0.5, 0.6) is 0 Å². The van der Waals surface area contributed by atoms with E-state index in [4.69, 9.17) is 4.98 Å². The third-order valence-electron chi connectivity index (χ3n) is 6.23. The number of nitrogens with zero attached hydrogens (tertiary/aromatic N) is 2. The molecule has 1 saturated heterocycles. The van der Waals surface area contributed by atoms with Gasteiger partial charge in [0.1, 0.15) is 0 Å². The average molecular weight is 386 g/mol. The quantitative estimate of drug-likeness (QED) is 0.687. The number of carbonyl (C=O) groups excluding carboxylic acids is 1. The molecule has 1 atom stereocenters. The Morgan fingerprint density at radius 3 is 2.62 bits per heavy atom. The number of para-hydroxylation sites is 1. The number of nitrogens with one attached hydrogen (secondary N) is 1. The predicted octanol–water partition coefficient (Wildman–Crippen LogP) is 4.33. The van der Waals surface area contributed by atoms with E-state index in [0.29, 0.717) is 18.4 Å². The molecule has 3 aromatic rings. The first-order valence-electron chi connectivity index (χ1n) is 10.7. The maximum atomic E-state index is 13.0. The van der Waals surface area contributed by atoms with Gasteiger partial charge in [0, 0.05) is 36.6 Å². The van der Waals surface area contributed by atoms with Crippen LogP contribution in [0.3, 0.4) is 0 Å². The molecule has 1 aromatic heterocycles. The number of aromatic nitrogens is 1. The maximum absolute atomic E-state index is 13.0. The lowest BCUT2D eigenvalue weighted by Gasteiger charge is -2.17. The van der Waals surface area contributed by atoms with E-state index in [1.807, 2.05) is 30.3 Å². The van der Waals surface area contributed by atoms with Gasteiger partial charge in [0.05, 0.1) is 11.1 Å². The normalized spacial score (nSPS) is 19.5. The fraction of sp³-hybridized carbons (Fsp3) is 0.360. The van der Waals surface area contributed by atoms with Crippen molar-refractivity contribution in [3.05, 3.63) is 77.5 Å². The van der Waals surface area contributed by atoms with Crippen molar-refractivity contribution in [1.82, 2.24) is 15.2 Å². The summed E-state index contributed by atoms with van der Waals surface area (Å²) in [6.07, 6.45) is 3.56. The van der Waals surface area contributed by atoms with Crippen LogP contribution >= 0.6 is 0 Å². The van der Waals surface area contributed by atoms with E-state index < -0.39 is 0 Å². The Labute approximate surface area is 171 Å². The number of carbonyl (C=O) groups is 1. The molecule has 0 unspecified atom stereocenters. The summed E-state index contributed by atoms with van der Waals surface area (Å²) in [6, 6.07) is 20.7. The number of benzene rings is 2. The van der Waals surface area contributed by atoms with Crippen LogP contribution < -0.4 is 5.32 Å². The van der Waals surface area contributed by atoms with Gasteiger partial charge in [0.2, 0.25) is 0 Å². The van der Waals surface area contributed by atoms with Gasteiger partial charge in [-0.1, -0.05) is 48.5 Å². The molecule has 148 valence electrons. The van der Waals surface area contributed by atoms with Gasteiger partial charge in [-0.15, -0.1) is 0 Å². The molecule has 0 radical (unpaired) electrons. The van der Waals surface area contributed by atoms with Crippen LogP contribution in [0, 0.1) is 0 Å². The van der Waals surface area contributed by atoms with Gasteiger partial charge < -0.3 is 10.2 Å². The number of rotatable bonds is 6. The second kappa shape index (κ2) is 7.96. The summed E-state index contributed by atoms with van der Waals surface area (Å²) in [5.41, 5.74) is 4.18. The van der Waals surface area contributed by atoms with Crippen LogP contribution in [0.25, 0.3) is 10.9 Å². The maximum Gasteiger partial charge on any atom is 0.252 e. The third-order valence-corrected chi connectivity index (χ3v) is 6.23. The Balaban J connectivity index is 1.22. The molecule has 29 heavy (non-hydrogen) atoms. The average Bonchev–Trinajstić information content (AvgIpc) is 3.52. The molecule has 2 heterocycles. The van der Waals surface area contributed by atoms with E-state index in [9.17, 15) is 4.79 Å². The summed E-state index contributed by atoms with van der Waals surface area (Å²) in [6.45, 7) is 3.74. The molecule has 1 aliphatic carbocycles. The minimum absolute atomic E-state index is 0.0179. The first-order chi connectivity index (χ1) is 14.3. The molecular formula is C25H27N3O. The summed E-state index contributed by atoms with van der Waals surface area (Å²) in [4.78, 5) is 20.2. The first-order valence-corrected chi connectivity index (χ1v) is 10.7. The second-order valence-corrected chi connectivity index (χ2v) is 8.34. The third kappa shape index (κ3) is 4.03. The van der Waals surface area contributed by atoms with E-state index in [1.165, 1.54) is 24.8 Å². The van der Waals surface area contributed by atoms with E-state index in [0.717, 1.165) is 41.8 Å².